The second-order valence-corrected chi connectivity index (χ2v) is 4.39. The topological polar surface area (TPSA) is 49.3 Å². The molecule has 0 amide bonds. The van der Waals surface area contributed by atoms with Gasteiger partial charge < -0.3 is 10.6 Å². The Morgan fingerprint density at radius 3 is 3.00 bits per heavy atom. The van der Waals surface area contributed by atoms with Gasteiger partial charge in [-0.25, -0.2) is 0 Å². The number of nitrogens with one attached hydrogen (secondary N) is 2. The van der Waals surface area contributed by atoms with E-state index >= 15 is 0 Å². The highest BCUT2D eigenvalue weighted by atomic mass is 15.3. The van der Waals surface area contributed by atoms with Crippen molar-refractivity contribution < 1.29 is 0 Å². The lowest BCUT2D eigenvalue weighted by atomic mass is 10.1. The Balaban J connectivity index is 1.85. The van der Waals surface area contributed by atoms with E-state index in [-0.39, 0.29) is 5.54 Å². The molecule has 0 unspecified atom stereocenters. The number of aliphatic imine (C=N–C) groups is 1. The average molecular weight is 204 g/mol. The molecular formula is C11H16N4. The predicted molar refractivity (Wildman–Crippen MR) is 60.6 cm³/mol. The van der Waals surface area contributed by atoms with Gasteiger partial charge in [-0.3, -0.25) is 9.98 Å². The molecule has 0 bridgehead atoms. The number of rotatable bonds is 2. The van der Waals surface area contributed by atoms with Crippen molar-refractivity contribution in [2.75, 3.05) is 6.54 Å². The summed E-state index contributed by atoms with van der Waals surface area (Å²) in [6, 6.07) is 3.98. The first-order valence-electron chi connectivity index (χ1n) is 5.11. The van der Waals surface area contributed by atoms with Crippen LogP contribution < -0.4 is 10.6 Å². The summed E-state index contributed by atoms with van der Waals surface area (Å²) >= 11 is 0. The molecule has 1 aromatic rings. The summed E-state index contributed by atoms with van der Waals surface area (Å²) in [6.07, 6.45) is 3.63. The van der Waals surface area contributed by atoms with E-state index in [1.807, 2.05) is 18.3 Å². The van der Waals surface area contributed by atoms with Gasteiger partial charge >= 0.3 is 0 Å². The second kappa shape index (κ2) is 3.88. The van der Waals surface area contributed by atoms with E-state index in [4.69, 9.17) is 0 Å². The third kappa shape index (κ3) is 2.68. The molecule has 1 aliphatic heterocycles. The summed E-state index contributed by atoms with van der Waals surface area (Å²) in [7, 11) is 0. The number of pyridine rings is 1. The zero-order valence-corrected chi connectivity index (χ0v) is 9.12. The summed E-state index contributed by atoms with van der Waals surface area (Å²) < 4.78 is 0. The lowest BCUT2D eigenvalue weighted by Gasteiger charge is -2.18. The molecule has 80 valence electrons. The first kappa shape index (κ1) is 9.96. The monoisotopic (exact) mass is 204 g/mol. The van der Waals surface area contributed by atoms with E-state index in [0.717, 1.165) is 24.6 Å². The van der Waals surface area contributed by atoms with Crippen molar-refractivity contribution in [2.45, 2.75) is 25.9 Å². The molecule has 2 rings (SSSR count). The fourth-order valence-electron chi connectivity index (χ4n) is 1.46. The molecule has 0 saturated carbocycles. The van der Waals surface area contributed by atoms with Crippen molar-refractivity contribution in [2.24, 2.45) is 4.99 Å². The molecule has 2 N–H and O–H groups in total. The molecule has 0 saturated heterocycles. The van der Waals surface area contributed by atoms with E-state index < -0.39 is 0 Å². The maximum Gasteiger partial charge on any atom is 0.192 e. The first-order valence-corrected chi connectivity index (χ1v) is 5.11. The lowest BCUT2D eigenvalue weighted by Crippen LogP contribution is -2.44. The van der Waals surface area contributed by atoms with Gasteiger partial charge in [0.15, 0.2) is 5.96 Å². The Morgan fingerprint density at radius 2 is 2.40 bits per heavy atom. The Morgan fingerprint density at radius 1 is 1.53 bits per heavy atom. The van der Waals surface area contributed by atoms with Crippen LogP contribution >= 0.6 is 0 Å². The number of aromatic nitrogens is 1. The van der Waals surface area contributed by atoms with Crippen molar-refractivity contribution in [1.29, 1.82) is 0 Å². The predicted octanol–water partition coefficient (Wildman–Crippen LogP) is 0.909. The highest BCUT2D eigenvalue weighted by Crippen LogP contribution is 2.07. The smallest absolute Gasteiger partial charge is 0.192 e. The molecular weight excluding hydrogens is 188 g/mol. The third-order valence-corrected chi connectivity index (χ3v) is 2.27. The Kier molecular flexibility index (Phi) is 2.58. The highest BCUT2D eigenvalue weighted by Gasteiger charge is 2.24. The molecule has 15 heavy (non-hydrogen) atoms. The van der Waals surface area contributed by atoms with Crippen molar-refractivity contribution in [3.8, 4) is 0 Å². The minimum Gasteiger partial charge on any atom is -0.352 e. The summed E-state index contributed by atoms with van der Waals surface area (Å²) in [5.41, 5.74) is 1.24. The number of hydrogen-bond acceptors (Lipinski definition) is 4. The fraction of sp³-hybridized carbons (Fsp3) is 0.455. The second-order valence-electron chi connectivity index (χ2n) is 4.39. The molecule has 0 aromatic carbocycles. The quantitative estimate of drug-likeness (QED) is 0.752. The van der Waals surface area contributed by atoms with E-state index in [1.165, 1.54) is 0 Å². The maximum absolute atomic E-state index is 4.38. The number of hydrogen-bond donors (Lipinski definition) is 2. The van der Waals surface area contributed by atoms with Crippen LogP contribution in [0.25, 0.3) is 0 Å². The molecule has 0 radical (unpaired) electrons. The molecule has 1 aromatic heterocycles. The van der Waals surface area contributed by atoms with Crippen molar-refractivity contribution in [3.63, 3.8) is 0 Å². The summed E-state index contributed by atoms with van der Waals surface area (Å²) in [5.74, 6) is 0.879. The zero-order chi connectivity index (χ0) is 10.7. The molecule has 0 spiro atoms. The Labute approximate surface area is 89.8 Å². The van der Waals surface area contributed by atoms with Gasteiger partial charge in [-0.15, -0.1) is 0 Å². The van der Waals surface area contributed by atoms with Gasteiger partial charge in [0.25, 0.3) is 0 Å². The van der Waals surface area contributed by atoms with Crippen LogP contribution in [0.4, 0.5) is 0 Å². The van der Waals surface area contributed by atoms with E-state index in [9.17, 15) is 0 Å². The normalized spacial score (nSPS) is 18.1. The van der Waals surface area contributed by atoms with Crippen LogP contribution in [0, 0.1) is 0 Å². The molecule has 1 aliphatic rings. The van der Waals surface area contributed by atoms with Crippen LogP contribution in [0.3, 0.4) is 0 Å². The van der Waals surface area contributed by atoms with Gasteiger partial charge in [0.1, 0.15) is 0 Å². The van der Waals surface area contributed by atoms with Crippen LogP contribution in [0.5, 0.6) is 0 Å². The summed E-state index contributed by atoms with van der Waals surface area (Å²) in [4.78, 5) is 8.44. The number of nitrogens with zero attached hydrogens (tertiary/aromatic N) is 2. The van der Waals surface area contributed by atoms with Gasteiger partial charge in [-0.1, -0.05) is 6.07 Å². The summed E-state index contributed by atoms with van der Waals surface area (Å²) in [6.45, 7) is 5.85. The van der Waals surface area contributed by atoms with Crippen LogP contribution in [0.15, 0.2) is 29.5 Å². The SMILES string of the molecule is CC1(C)CN=C(NCc2cccnc2)N1. The Hall–Kier alpha value is -1.58. The van der Waals surface area contributed by atoms with Crippen LogP contribution in [-0.2, 0) is 6.54 Å². The molecule has 0 fully saturated rings. The minimum absolute atomic E-state index is 0.0806. The molecule has 2 heterocycles. The third-order valence-electron chi connectivity index (χ3n) is 2.27. The van der Waals surface area contributed by atoms with E-state index in [1.54, 1.807) is 6.20 Å². The van der Waals surface area contributed by atoms with Crippen molar-refractivity contribution >= 4 is 5.96 Å². The summed E-state index contributed by atoms with van der Waals surface area (Å²) in [5, 5.41) is 6.57. The van der Waals surface area contributed by atoms with Crippen molar-refractivity contribution in [1.82, 2.24) is 15.6 Å². The number of guanidine groups is 1. The molecule has 0 atom stereocenters. The Bertz CT molecular complexity index is 356. The molecule has 4 nitrogen and oxygen atoms in total. The minimum atomic E-state index is 0.0806. The van der Waals surface area contributed by atoms with Gasteiger partial charge in [0.05, 0.1) is 12.1 Å². The van der Waals surface area contributed by atoms with Crippen molar-refractivity contribution in [3.05, 3.63) is 30.1 Å². The molecule has 0 aliphatic carbocycles. The zero-order valence-electron chi connectivity index (χ0n) is 9.12. The van der Waals surface area contributed by atoms with Gasteiger partial charge in [0, 0.05) is 18.9 Å². The van der Waals surface area contributed by atoms with Gasteiger partial charge in [0.2, 0.25) is 0 Å². The van der Waals surface area contributed by atoms with E-state index in [0.29, 0.717) is 0 Å². The van der Waals surface area contributed by atoms with Crippen LogP contribution in [-0.4, -0.2) is 23.0 Å². The van der Waals surface area contributed by atoms with Crippen LogP contribution in [0.2, 0.25) is 0 Å². The fourth-order valence-corrected chi connectivity index (χ4v) is 1.46. The largest absolute Gasteiger partial charge is 0.352 e. The van der Waals surface area contributed by atoms with E-state index in [2.05, 4.69) is 34.5 Å². The molecule has 4 heteroatoms. The van der Waals surface area contributed by atoms with Gasteiger partial charge in [-0.2, -0.15) is 0 Å². The average Bonchev–Trinajstić information content (AvgIpc) is 2.57. The van der Waals surface area contributed by atoms with Gasteiger partial charge in [-0.05, 0) is 25.5 Å². The highest BCUT2D eigenvalue weighted by molar-refractivity contribution is 5.82. The van der Waals surface area contributed by atoms with Crippen LogP contribution in [0.1, 0.15) is 19.4 Å². The maximum atomic E-state index is 4.38. The first-order chi connectivity index (χ1) is 7.16. The lowest BCUT2D eigenvalue weighted by molar-refractivity contribution is 0.502. The standard InChI is InChI=1S/C11H16N4/c1-11(2)8-14-10(15-11)13-7-9-4-3-5-12-6-9/h3-6H,7-8H2,1-2H3,(H2,13,14,15).